The van der Waals surface area contributed by atoms with Crippen molar-refractivity contribution in [3.8, 4) is 17.7 Å². The Morgan fingerprint density at radius 1 is 1.25 bits per heavy atom. The van der Waals surface area contributed by atoms with Gasteiger partial charge in [0.05, 0.1) is 7.11 Å². The van der Waals surface area contributed by atoms with Crippen LogP contribution in [-0.4, -0.2) is 22.5 Å². The van der Waals surface area contributed by atoms with Crippen LogP contribution in [0.4, 0.5) is 0 Å². The summed E-state index contributed by atoms with van der Waals surface area (Å²) in [6, 6.07) is 12.5. The Morgan fingerprint density at radius 2 is 2.04 bits per heavy atom. The molecule has 0 radical (unpaired) electrons. The molecule has 0 N–H and O–H groups in total. The average molecular weight is 375 g/mol. The molecule has 0 spiro atoms. The van der Waals surface area contributed by atoms with Crippen LogP contribution in [0.1, 0.15) is 16.7 Å². The number of hydrogen-bond acceptors (Lipinski definition) is 6. The third kappa shape index (κ3) is 3.62. The largest absolute Gasteiger partial charge is 0.465 e. The van der Waals surface area contributed by atoms with Crippen molar-refractivity contribution in [1.29, 1.82) is 5.26 Å². The van der Waals surface area contributed by atoms with Crippen molar-refractivity contribution in [3.63, 3.8) is 0 Å². The molecule has 140 valence electrons. The van der Waals surface area contributed by atoms with Crippen molar-refractivity contribution in [2.45, 2.75) is 13.8 Å². The SMILES string of the molecule is COC(=O)C(C#N)=Cc1c(Oc2cccc(C)c2)nc2c(C)cccn2c1=O. The maximum atomic E-state index is 13.1. The molecule has 0 aliphatic rings. The average Bonchev–Trinajstić information content (AvgIpc) is 2.68. The quantitative estimate of drug-likeness (QED) is 0.395. The highest BCUT2D eigenvalue weighted by atomic mass is 16.5. The summed E-state index contributed by atoms with van der Waals surface area (Å²) in [5.41, 5.74) is 1.35. The molecule has 0 aliphatic heterocycles. The Balaban J connectivity index is 2.29. The van der Waals surface area contributed by atoms with Gasteiger partial charge < -0.3 is 9.47 Å². The molecule has 7 heteroatoms. The molecule has 2 aromatic heterocycles. The van der Waals surface area contributed by atoms with E-state index in [9.17, 15) is 14.9 Å². The van der Waals surface area contributed by atoms with Crippen LogP contribution in [0.5, 0.6) is 11.6 Å². The van der Waals surface area contributed by atoms with Crippen LogP contribution < -0.4 is 10.3 Å². The lowest BCUT2D eigenvalue weighted by atomic mass is 10.2. The van der Waals surface area contributed by atoms with Crippen LogP contribution in [0.15, 0.2) is 53.0 Å². The van der Waals surface area contributed by atoms with Crippen LogP contribution in [0.25, 0.3) is 11.7 Å². The van der Waals surface area contributed by atoms with Gasteiger partial charge in [-0.25, -0.2) is 4.79 Å². The number of nitrogens with zero attached hydrogens (tertiary/aromatic N) is 3. The van der Waals surface area contributed by atoms with Gasteiger partial charge in [0.15, 0.2) is 0 Å². The first-order chi connectivity index (χ1) is 13.4. The molecule has 0 atom stereocenters. The topological polar surface area (TPSA) is 93.7 Å². The Bertz CT molecular complexity index is 1200. The molecule has 7 nitrogen and oxygen atoms in total. The van der Waals surface area contributed by atoms with Gasteiger partial charge in [0.1, 0.15) is 28.6 Å². The van der Waals surface area contributed by atoms with Crippen molar-refractivity contribution in [1.82, 2.24) is 9.38 Å². The molecule has 0 saturated heterocycles. The van der Waals surface area contributed by atoms with E-state index in [-0.39, 0.29) is 17.0 Å². The third-order valence-electron chi connectivity index (χ3n) is 4.07. The minimum atomic E-state index is -0.849. The minimum Gasteiger partial charge on any atom is -0.465 e. The van der Waals surface area contributed by atoms with Gasteiger partial charge in [0.2, 0.25) is 5.88 Å². The van der Waals surface area contributed by atoms with E-state index in [1.807, 2.05) is 32.0 Å². The second kappa shape index (κ2) is 7.76. The van der Waals surface area contributed by atoms with E-state index in [1.165, 1.54) is 4.40 Å². The number of nitriles is 1. The van der Waals surface area contributed by atoms with Crippen LogP contribution in [0.2, 0.25) is 0 Å². The van der Waals surface area contributed by atoms with Crippen molar-refractivity contribution in [2.24, 2.45) is 0 Å². The van der Waals surface area contributed by atoms with Crippen LogP contribution in [-0.2, 0) is 9.53 Å². The molecule has 28 heavy (non-hydrogen) atoms. The Morgan fingerprint density at radius 3 is 2.71 bits per heavy atom. The fourth-order valence-electron chi connectivity index (χ4n) is 2.68. The van der Waals surface area contributed by atoms with Crippen molar-refractivity contribution >= 4 is 17.7 Å². The number of esters is 1. The number of fused-ring (bicyclic) bond motifs is 1. The van der Waals surface area contributed by atoms with Crippen molar-refractivity contribution < 1.29 is 14.3 Å². The Labute approximate surface area is 161 Å². The summed E-state index contributed by atoms with van der Waals surface area (Å²) in [5.74, 6) is -0.365. The second-order valence-corrected chi connectivity index (χ2v) is 6.10. The number of aryl methyl sites for hydroxylation is 2. The first kappa shape index (κ1) is 18.9. The predicted molar refractivity (Wildman–Crippen MR) is 103 cm³/mol. The lowest BCUT2D eigenvalue weighted by Crippen LogP contribution is -2.20. The summed E-state index contributed by atoms with van der Waals surface area (Å²) < 4.78 is 11.8. The van der Waals surface area contributed by atoms with Crippen LogP contribution >= 0.6 is 0 Å². The van der Waals surface area contributed by atoms with Gasteiger partial charge in [-0.3, -0.25) is 9.20 Å². The number of aromatic nitrogens is 2. The molecule has 0 amide bonds. The molecule has 0 fully saturated rings. The fourth-order valence-corrected chi connectivity index (χ4v) is 2.68. The lowest BCUT2D eigenvalue weighted by molar-refractivity contribution is -0.135. The molecule has 1 aromatic carbocycles. The Hall–Kier alpha value is -3.92. The summed E-state index contributed by atoms with van der Waals surface area (Å²) in [6.45, 7) is 3.73. The first-order valence-corrected chi connectivity index (χ1v) is 8.41. The normalized spacial score (nSPS) is 11.1. The van der Waals surface area contributed by atoms with E-state index in [0.29, 0.717) is 11.4 Å². The summed E-state index contributed by atoms with van der Waals surface area (Å²) in [6.07, 6.45) is 2.71. The molecule has 0 aliphatic carbocycles. The predicted octanol–water partition coefficient (Wildman–Crippen LogP) is 3.18. The number of carbonyl (C=O) groups is 1. The van der Waals surface area contributed by atoms with Gasteiger partial charge in [0.25, 0.3) is 5.56 Å². The zero-order valence-corrected chi connectivity index (χ0v) is 15.6. The van der Waals surface area contributed by atoms with Crippen molar-refractivity contribution in [2.75, 3.05) is 7.11 Å². The van der Waals surface area contributed by atoms with Crippen LogP contribution in [0, 0.1) is 25.2 Å². The van der Waals surface area contributed by atoms with E-state index in [1.54, 1.807) is 30.5 Å². The molecule has 0 bridgehead atoms. The lowest BCUT2D eigenvalue weighted by Gasteiger charge is -2.11. The number of rotatable bonds is 4. The van der Waals surface area contributed by atoms with Crippen LogP contribution in [0.3, 0.4) is 0 Å². The molecule has 3 rings (SSSR count). The van der Waals surface area contributed by atoms with Gasteiger partial charge in [-0.1, -0.05) is 18.2 Å². The molecular weight excluding hydrogens is 358 g/mol. The highest BCUT2D eigenvalue weighted by molar-refractivity contribution is 5.98. The van der Waals surface area contributed by atoms with Gasteiger partial charge in [0, 0.05) is 6.20 Å². The summed E-state index contributed by atoms with van der Waals surface area (Å²) in [5, 5.41) is 9.26. The van der Waals surface area contributed by atoms with Gasteiger partial charge in [-0.15, -0.1) is 0 Å². The molecular formula is C21H17N3O4. The minimum absolute atomic E-state index is 0.00144. The monoisotopic (exact) mass is 375 g/mol. The number of carbonyl (C=O) groups excluding carboxylic acids is 1. The number of pyridine rings is 1. The molecule has 0 unspecified atom stereocenters. The smallest absolute Gasteiger partial charge is 0.348 e. The van der Waals surface area contributed by atoms with Gasteiger partial charge in [-0.2, -0.15) is 10.2 Å². The highest BCUT2D eigenvalue weighted by Gasteiger charge is 2.18. The number of ether oxygens (including phenoxy) is 2. The third-order valence-corrected chi connectivity index (χ3v) is 4.07. The maximum Gasteiger partial charge on any atom is 0.348 e. The number of benzene rings is 1. The van der Waals surface area contributed by atoms with E-state index >= 15 is 0 Å². The zero-order chi connectivity index (χ0) is 20.3. The van der Waals surface area contributed by atoms with Gasteiger partial charge in [-0.05, 0) is 49.2 Å². The highest BCUT2D eigenvalue weighted by Crippen LogP contribution is 2.25. The summed E-state index contributed by atoms with van der Waals surface area (Å²) >= 11 is 0. The summed E-state index contributed by atoms with van der Waals surface area (Å²) in [4.78, 5) is 29.3. The number of hydrogen-bond donors (Lipinski definition) is 0. The van der Waals surface area contributed by atoms with E-state index < -0.39 is 11.5 Å². The maximum absolute atomic E-state index is 13.1. The second-order valence-electron chi connectivity index (χ2n) is 6.10. The molecule has 0 saturated carbocycles. The standard InChI is InChI=1S/C21H17N3O4/c1-13-6-4-8-16(10-13)28-19-17(11-15(12-22)21(26)27-3)20(25)24-9-5-7-14(2)18(24)23-19/h4-11H,1-3H3. The van der Waals surface area contributed by atoms with E-state index in [0.717, 1.165) is 24.3 Å². The molecule has 3 aromatic rings. The molecule has 2 heterocycles. The van der Waals surface area contributed by atoms with E-state index in [4.69, 9.17) is 4.74 Å². The Kier molecular flexibility index (Phi) is 5.23. The zero-order valence-electron chi connectivity index (χ0n) is 15.6. The fraction of sp³-hybridized carbons (Fsp3) is 0.143. The summed E-state index contributed by atoms with van der Waals surface area (Å²) in [7, 11) is 1.16. The van der Waals surface area contributed by atoms with E-state index in [2.05, 4.69) is 9.72 Å². The van der Waals surface area contributed by atoms with Gasteiger partial charge >= 0.3 is 5.97 Å². The number of methoxy groups -OCH3 is 1. The first-order valence-electron chi connectivity index (χ1n) is 8.41. The van der Waals surface area contributed by atoms with Crippen molar-refractivity contribution in [3.05, 3.63) is 75.2 Å².